The van der Waals surface area contributed by atoms with Gasteiger partial charge in [0, 0.05) is 31.6 Å². The highest BCUT2D eigenvalue weighted by Gasteiger charge is 2.20. The predicted molar refractivity (Wildman–Crippen MR) is 128 cm³/mol. The van der Waals surface area contributed by atoms with Gasteiger partial charge in [0.25, 0.3) is 5.91 Å². The Kier molecular flexibility index (Phi) is 7.60. The molecule has 0 atom stereocenters. The van der Waals surface area contributed by atoms with Crippen LogP contribution in [0.25, 0.3) is 11.0 Å². The molecule has 7 nitrogen and oxygen atoms in total. The molecule has 1 aromatic heterocycles. The number of methoxy groups -OCH3 is 1. The third-order valence-corrected chi connectivity index (χ3v) is 6.20. The van der Waals surface area contributed by atoms with Crippen molar-refractivity contribution in [2.45, 2.75) is 45.1 Å². The SMILES string of the molecule is COc1ccc(C(=O)NCCCCCc2nc3ccccc3n2CC(=O)N2CCCC2)cc1. The van der Waals surface area contributed by atoms with E-state index < -0.39 is 0 Å². The highest BCUT2D eigenvalue weighted by Crippen LogP contribution is 2.19. The molecule has 2 amide bonds. The van der Waals surface area contributed by atoms with Gasteiger partial charge in [-0.25, -0.2) is 4.98 Å². The maximum atomic E-state index is 12.8. The Balaban J connectivity index is 1.27. The minimum Gasteiger partial charge on any atom is -0.497 e. The Morgan fingerprint density at radius 3 is 2.52 bits per heavy atom. The first-order valence-corrected chi connectivity index (χ1v) is 11.8. The van der Waals surface area contributed by atoms with Crippen LogP contribution in [0.2, 0.25) is 0 Å². The molecule has 0 saturated carbocycles. The largest absolute Gasteiger partial charge is 0.497 e. The molecule has 174 valence electrons. The number of ether oxygens (including phenoxy) is 1. The number of carbonyl (C=O) groups excluding carboxylic acids is 2. The fourth-order valence-corrected chi connectivity index (χ4v) is 4.33. The van der Waals surface area contributed by atoms with Crippen molar-refractivity contribution in [2.24, 2.45) is 0 Å². The Labute approximate surface area is 194 Å². The van der Waals surface area contributed by atoms with E-state index in [9.17, 15) is 9.59 Å². The van der Waals surface area contributed by atoms with Crippen molar-refractivity contribution in [3.8, 4) is 5.75 Å². The van der Waals surface area contributed by atoms with E-state index in [2.05, 4.69) is 9.88 Å². The monoisotopic (exact) mass is 448 g/mol. The summed E-state index contributed by atoms with van der Waals surface area (Å²) in [6.45, 7) is 2.72. The van der Waals surface area contributed by atoms with Crippen LogP contribution in [-0.2, 0) is 17.8 Å². The third-order valence-electron chi connectivity index (χ3n) is 6.20. The highest BCUT2D eigenvalue weighted by molar-refractivity contribution is 5.94. The van der Waals surface area contributed by atoms with E-state index in [1.54, 1.807) is 31.4 Å². The third kappa shape index (κ3) is 5.72. The van der Waals surface area contributed by atoms with Crippen LogP contribution in [0.15, 0.2) is 48.5 Å². The van der Waals surface area contributed by atoms with Gasteiger partial charge >= 0.3 is 0 Å². The van der Waals surface area contributed by atoms with Crippen molar-refractivity contribution in [3.05, 3.63) is 59.9 Å². The summed E-state index contributed by atoms with van der Waals surface area (Å²) in [5.41, 5.74) is 2.59. The lowest BCUT2D eigenvalue weighted by Crippen LogP contribution is -2.31. The standard InChI is InChI=1S/C26H32N4O3/c1-33-21-14-12-20(13-15-21)26(32)27-16-6-2-3-11-24-28-22-9-4-5-10-23(22)30(24)19-25(31)29-17-7-8-18-29/h4-5,9-10,12-15H,2-3,6-8,11,16-19H2,1H3,(H,27,32). The lowest BCUT2D eigenvalue weighted by molar-refractivity contribution is -0.130. The van der Waals surface area contributed by atoms with Crippen molar-refractivity contribution in [2.75, 3.05) is 26.7 Å². The fourth-order valence-electron chi connectivity index (χ4n) is 4.33. The number of nitrogens with one attached hydrogen (secondary N) is 1. The number of aryl methyl sites for hydroxylation is 1. The zero-order valence-corrected chi connectivity index (χ0v) is 19.3. The number of carbonyl (C=O) groups is 2. The topological polar surface area (TPSA) is 76.5 Å². The van der Waals surface area contributed by atoms with Gasteiger partial charge in [0.15, 0.2) is 0 Å². The highest BCUT2D eigenvalue weighted by atomic mass is 16.5. The van der Waals surface area contributed by atoms with Gasteiger partial charge in [-0.05, 0) is 62.1 Å². The van der Waals surface area contributed by atoms with Gasteiger partial charge in [0.1, 0.15) is 18.1 Å². The van der Waals surface area contributed by atoms with Gasteiger partial charge < -0.3 is 19.5 Å². The number of hydrogen-bond acceptors (Lipinski definition) is 4. The molecule has 2 heterocycles. The van der Waals surface area contributed by atoms with Crippen molar-refractivity contribution in [3.63, 3.8) is 0 Å². The zero-order valence-electron chi connectivity index (χ0n) is 19.3. The van der Waals surface area contributed by atoms with Gasteiger partial charge in [0.05, 0.1) is 18.1 Å². The van der Waals surface area contributed by atoms with Crippen molar-refractivity contribution >= 4 is 22.8 Å². The number of para-hydroxylation sites is 2. The summed E-state index contributed by atoms with van der Waals surface area (Å²) in [5.74, 6) is 1.81. The Morgan fingerprint density at radius 1 is 1.00 bits per heavy atom. The summed E-state index contributed by atoms with van der Waals surface area (Å²) in [4.78, 5) is 31.8. The first kappa shape index (κ1) is 22.8. The number of amides is 2. The molecule has 1 fully saturated rings. The normalized spacial score (nSPS) is 13.4. The summed E-state index contributed by atoms with van der Waals surface area (Å²) in [5, 5.41) is 2.97. The van der Waals surface area contributed by atoms with Gasteiger partial charge in [0.2, 0.25) is 5.91 Å². The summed E-state index contributed by atoms with van der Waals surface area (Å²) in [7, 11) is 1.61. The minimum absolute atomic E-state index is 0.0696. The molecule has 4 rings (SSSR count). The molecule has 1 saturated heterocycles. The molecule has 1 N–H and O–H groups in total. The second-order valence-corrected chi connectivity index (χ2v) is 8.49. The van der Waals surface area contributed by atoms with Gasteiger partial charge in [-0.2, -0.15) is 0 Å². The fraction of sp³-hybridized carbons (Fsp3) is 0.423. The first-order valence-electron chi connectivity index (χ1n) is 11.8. The summed E-state index contributed by atoms with van der Waals surface area (Å²) in [6, 6.07) is 15.1. The van der Waals surface area contributed by atoms with Crippen molar-refractivity contribution in [1.82, 2.24) is 19.8 Å². The zero-order chi connectivity index (χ0) is 23.0. The van der Waals surface area contributed by atoms with E-state index in [1.807, 2.05) is 29.2 Å². The number of unbranched alkanes of at least 4 members (excludes halogenated alkanes) is 2. The summed E-state index contributed by atoms with van der Waals surface area (Å²) < 4.78 is 7.21. The van der Waals surface area contributed by atoms with E-state index in [1.165, 1.54) is 0 Å². The predicted octanol–water partition coefficient (Wildman–Crippen LogP) is 3.81. The number of rotatable bonds is 10. The molecule has 0 spiro atoms. The van der Waals surface area contributed by atoms with E-state index in [0.29, 0.717) is 18.7 Å². The van der Waals surface area contributed by atoms with Crippen LogP contribution < -0.4 is 10.1 Å². The Bertz CT molecular complexity index is 1080. The van der Waals surface area contributed by atoms with Crippen LogP contribution in [0.5, 0.6) is 5.75 Å². The van der Waals surface area contributed by atoms with Crippen LogP contribution in [0, 0.1) is 0 Å². The quantitative estimate of drug-likeness (QED) is 0.479. The second kappa shape index (κ2) is 11.0. The smallest absolute Gasteiger partial charge is 0.251 e. The molecular formula is C26H32N4O3. The van der Waals surface area contributed by atoms with E-state index in [4.69, 9.17) is 9.72 Å². The lowest BCUT2D eigenvalue weighted by atomic mass is 10.1. The number of benzene rings is 2. The number of likely N-dealkylation sites (tertiary alicyclic amines) is 1. The van der Waals surface area contributed by atoms with E-state index in [0.717, 1.165) is 74.2 Å². The van der Waals surface area contributed by atoms with E-state index in [-0.39, 0.29) is 11.8 Å². The molecular weight excluding hydrogens is 416 g/mol. The molecule has 2 aromatic carbocycles. The average Bonchev–Trinajstić information content (AvgIpc) is 3.50. The van der Waals surface area contributed by atoms with Crippen LogP contribution in [0.4, 0.5) is 0 Å². The van der Waals surface area contributed by atoms with Crippen LogP contribution in [-0.4, -0.2) is 53.0 Å². The lowest BCUT2D eigenvalue weighted by Gasteiger charge is -2.17. The molecule has 1 aliphatic heterocycles. The average molecular weight is 449 g/mol. The second-order valence-electron chi connectivity index (χ2n) is 8.49. The van der Waals surface area contributed by atoms with Crippen molar-refractivity contribution < 1.29 is 14.3 Å². The molecule has 0 radical (unpaired) electrons. The van der Waals surface area contributed by atoms with E-state index >= 15 is 0 Å². The van der Waals surface area contributed by atoms with Crippen molar-refractivity contribution in [1.29, 1.82) is 0 Å². The molecule has 7 heteroatoms. The number of fused-ring (bicyclic) bond motifs is 1. The number of nitrogens with zero attached hydrogens (tertiary/aromatic N) is 3. The molecule has 1 aliphatic rings. The Morgan fingerprint density at radius 2 is 1.76 bits per heavy atom. The van der Waals surface area contributed by atoms with Gasteiger partial charge in [-0.3, -0.25) is 9.59 Å². The molecule has 0 aliphatic carbocycles. The number of aromatic nitrogens is 2. The van der Waals surface area contributed by atoms with Crippen LogP contribution in [0.3, 0.4) is 0 Å². The molecule has 0 unspecified atom stereocenters. The molecule has 0 bridgehead atoms. The molecule has 3 aromatic rings. The number of hydrogen-bond donors (Lipinski definition) is 1. The van der Waals surface area contributed by atoms with Gasteiger partial charge in [-0.15, -0.1) is 0 Å². The molecule has 33 heavy (non-hydrogen) atoms. The summed E-state index contributed by atoms with van der Waals surface area (Å²) >= 11 is 0. The first-order chi connectivity index (χ1) is 16.2. The maximum absolute atomic E-state index is 12.8. The van der Waals surface area contributed by atoms with Crippen LogP contribution >= 0.6 is 0 Å². The number of imidazole rings is 1. The Hall–Kier alpha value is -3.35. The minimum atomic E-state index is -0.0696. The maximum Gasteiger partial charge on any atom is 0.251 e. The van der Waals surface area contributed by atoms with Gasteiger partial charge in [-0.1, -0.05) is 18.6 Å². The van der Waals surface area contributed by atoms with Crippen LogP contribution in [0.1, 0.15) is 48.3 Å². The summed E-state index contributed by atoms with van der Waals surface area (Å²) in [6.07, 6.45) is 5.84.